The molecule has 0 saturated heterocycles. The summed E-state index contributed by atoms with van der Waals surface area (Å²) in [5.74, 6) is 0.531. The second-order valence-electron chi connectivity index (χ2n) is 7.25. The molecule has 3 rings (SSSR count). The number of rotatable bonds is 7. The molecule has 2 heterocycles. The molecule has 0 aliphatic carbocycles. The lowest BCUT2D eigenvalue weighted by Crippen LogP contribution is -2.49. The number of carbonyl (C=O) groups excluding carboxylic acids is 2. The molecule has 0 spiro atoms. The molecule has 1 atom stereocenters. The number of aromatic nitrogens is 2. The number of H-pyrrole nitrogens is 1. The molecule has 28 heavy (non-hydrogen) atoms. The first-order chi connectivity index (χ1) is 13.3. The number of hydrogen-bond donors (Lipinski definition) is 3. The first-order valence-corrected chi connectivity index (χ1v) is 9.41. The smallest absolute Gasteiger partial charge is 0.243 e. The van der Waals surface area contributed by atoms with Gasteiger partial charge in [-0.15, -0.1) is 0 Å². The normalized spacial score (nSPS) is 12.3. The number of aryl methyl sites for hydroxylation is 2. The van der Waals surface area contributed by atoms with E-state index in [9.17, 15) is 9.59 Å². The average molecular weight is 382 g/mol. The zero-order valence-electron chi connectivity index (χ0n) is 16.6. The van der Waals surface area contributed by atoms with E-state index in [1.807, 2.05) is 44.3 Å². The van der Waals surface area contributed by atoms with E-state index in [-0.39, 0.29) is 24.3 Å². The lowest BCUT2D eigenvalue weighted by molar-refractivity contribution is -0.130. The topological polar surface area (TPSA) is 100 Å². The van der Waals surface area contributed by atoms with E-state index >= 15 is 0 Å². The van der Waals surface area contributed by atoms with Gasteiger partial charge in [0.05, 0.1) is 12.2 Å². The molecular formula is C21H26N4O3. The number of nitrogens with one attached hydrogen (secondary N) is 3. The van der Waals surface area contributed by atoms with Gasteiger partial charge >= 0.3 is 0 Å². The van der Waals surface area contributed by atoms with Crippen molar-refractivity contribution in [2.75, 3.05) is 0 Å². The van der Waals surface area contributed by atoms with Gasteiger partial charge in [-0.25, -0.2) is 4.98 Å². The summed E-state index contributed by atoms with van der Waals surface area (Å²) in [6.45, 7) is 7.46. The number of fused-ring (bicyclic) bond motifs is 1. The van der Waals surface area contributed by atoms with Gasteiger partial charge in [0.15, 0.2) is 0 Å². The Morgan fingerprint density at radius 2 is 1.93 bits per heavy atom. The highest BCUT2D eigenvalue weighted by molar-refractivity contribution is 5.90. The number of benzene rings is 1. The second kappa shape index (κ2) is 8.29. The second-order valence-corrected chi connectivity index (χ2v) is 7.25. The van der Waals surface area contributed by atoms with Crippen LogP contribution in [-0.4, -0.2) is 27.8 Å². The number of nitrogens with zero attached hydrogens (tertiary/aromatic N) is 1. The zero-order valence-corrected chi connectivity index (χ0v) is 16.6. The van der Waals surface area contributed by atoms with Crippen molar-refractivity contribution in [1.82, 2.24) is 20.6 Å². The summed E-state index contributed by atoms with van der Waals surface area (Å²) >= 11 is 0. The molecule has 2 aromatic heterocycles. The van der Waals surface area contributed by atoms with E-state index in [1.165, 1.54) is 0 Å². The number of aromatic amines is 1. The monoisotopic (exact) mass is 382 g/mol. The summed E-state index contributed by atoms with van der Waals surface area (Å²) in [7, 11) is 0. The molecule has 0 aliphatic heterocycles. The van der Waals surface area contributed by atoms with Crippen molar-refractivity contribution in [3.63, 3.8) is 0 Å². The summed E-state index contributed by atoms with van der Waals surface area (Å²) < 4.78 is 5.51. The van der Waals surface area contributed by atoms with E-state index < -0.39 is 6.04 Å². The molecule has 0 radical (unpaired) electrons. The molecule has 0 bridgehead atoms. The van der Waals surface area contributed by atoms with E-state index in [1.54, 1.807) is 13.8 Å². The van der Waals surface area contributed by atoms with Crippen molar-refractivity contribution >= 4 is 22.7 Å². The van der Waals surface area contributed by atoms with Crippen LogP contribution in [0.25, 0.3) is 10.9 Å². The Labute approximate surface area is 163 Å². The highest BCUT2D eigenvalue weighted by Gasteiger charge is 2.24. The molecule has 3 aromatic rings. The van der Waals surface area contributed by atoms with Gasteiger partial charge in [0.1, 0.15) is 11.8 Å². The first-order valence-electron chi connectivity index (χ1n) is 9.41. The van der Waals surface area contributed by atoms with Gasteiger partial charge in [0, 0.05) is 29.4 Å². The van der Waals surface area contributed by atoms with Gasteiger partial charge in [-0.3, -0.25) is 9.59 Å². The van der Waals surface area contributed by atoms with Crippen molar-refractivity contribution in [2.24, 2.45) is 5.92 Å². The fourth-order valence-corrected chi connectivity index (χ4v) is 2.97. The minimum absolute atomic E-state index is 0.164. The highest BCUT2D eigenvalue weighted by Crippen LogP contribution is 2.19. The van der Waals surface area contributed by atoms with Crippen molar-refractivity contribution < 1.29 is 14.0 Å². The van der Waals surface area contributed by atoms with E-state index in [2.05, 4.69) is 20.6 Å². The van der Waals surface area contributed by atoms with Crippen molar-refractivity contribution in [1.29, 1.82) is 0 Å². The SMILES string of the molecule is Cc1nc(CNC(=O)C(Cc2c[nH]c3ccccc23)NC(=O)C(C)C)oc1C. The highest BCUT2D eigenvalue weighted by atomic mass is 16.4. The summed E-state index contributed by atoms with van der Waals surface area (Å²) in [6, 6.07) is 7.20. The standard InChI is InChI=1S/C21H26N4O3/c1-12(2)20(26)25-18(9-15-10-22-17-8-6-5-7-16(15)17)21(27)23-11-19-24-13(3)14(4)28-19/h5-8,10,12,18,22H,9,11H2,1-4H3,(H,23,27)(H,25,26). The van der Waals surface area contributed by atoms with Crippen LogP contribution in [0.2, 0.25) is 0 Å². The maximum absolute atomic E-state index is 12.8. The lowest BCUT2D eigenvalue weighted by atomic mass is 10.0. The van der Waals surface area contributed by atoms with Crippen LogP contribution in [0.4, 0.5) is 0 Å². The Kier molecular flexibility index (Phi) is 5.82. The molecule has 1 unspecified atom stereocenters. The van der Waals surface area contributed by atoms with E-state index in [0.717, 1.165) is 27.9 Å². The Balaban J connectivity index is 1.75. The molecule has 2 amide bonds. The van der Waals surface area contributed by atoms with E-state index in [0.29, 0.717) is 12.3 Å². The fourth-order valence-electron chi connectivity index (χ4n) is 2.97. The number of para-hydroxylation sites is 1. The van der Waals surface area contributed by atoms with Crippen LogP contribution < -0.4 is 10.6 Å². The summed E-state index contributed by atoms with van der Waals surface area (Å²) in [5.41, 5.74) is 2.77. The van der Waals surface area contributed by atoms with Crippen LogP contribution in [0.3, 0.4) is 0 Å². The summed E-state index contributed by atoms with van der Waals surface area (Å²) in [5, 5.41) is 6.72. The number of oxazole rings is 1. The predicted molar refractivity (Wildman–Crippen MR) is 107 cm³/mol. The molecule has 7 heteroatoms. The van der Waals surface area contributed by atoms with Crippen molar-refractivity contribution in [3.8, 4) is 0 Å². The molecule has 0 saturated carbocycles. The molecule has 3 N–H and O–H groups in total. The molecule has 1 aromatic carbocycles. The Morgan fingerprint density at radius 3 is 2.61 bits per heavy atom. The van der Waals surface area contributed by atoms with Crippen molar-refractivity contribution in [3.05, 3.63) is 53.4 Å². The molecule has 0 fully saturated rings. The predicted octanol–water partition coefficient (Wildman–Crippen LogP) is 2.77. The van der Waals surface area contributed by atoms with Gasteiger partial charge in [-0.1, -0.05) is 32.0 Å². The molecule has 148 valence electrons. The van der Waals surface area contributed by atoms with Crippen LogP contribution in [0, 0.1) is 19.8 Å². The Bertz CT molecular complexity index is 967. The van der Waals surface area contributed by atoms with Crippen LogP contribution in [0.15, 0.2) is 34.9 Å². The summed E-state index contributed by atoms with van der Waals surface area (Å²) in [4.78, 5) is 32.5. The molecular weight excluding hydrogens is 356 g/mol. The minimum Gasteiger partial charge on any atom is -0.444 e. The quantitative estimate of drug-likeness (QED) is 0.585. The van der Waals surface area contributed by atoms with Crippen molar-refractivity contribution in [2.45, 2.75) is 46.7 Å². The summed E-state index contributed by atoms with van der Waals surface area (Å²) in [6.07, 6.45) is 2.27. The largest absolute Gasteiger partial charge is 0.444 e. The third kappa shape index (κ3) is 4.42. The van der Waals surface area contributed by atoms with E-state index in [4.69, 9.17) is 4.42 Å². The minimum atomic E-state index is -0.689. The van der Waals surface area contributed by atoms with Crippen LogP contribution >= 0.6 is 0 Å². The molecule has 0 aliphatic rings. The Hall–Kier alpha value is -3.09. The maximum atomic E-state index is 12.8. The lowest BCUT2D eigenvalue weighted by Gasteiger charge is -2.19. The number of hydrogen-bond acceptors (Lipinski definition) is 4. The first kappa shape index (κ1) is 19.7. The van der Waals surface area contributed by atoms with Gasteiger partial charge < -0.3 is 20.0 Å². The van der Waals surface area contributed by atoms with Gasteiger partial charge in [0.25, 0.3) is 0 Å². The zero-order chi connectivity index (χ0) is 20.3. The fraction of sp³-hybridized carbons (Fsp3) is 0.381. The van der Waals surface area contributed by atoms with Crippen LogP contribution in [0.1, 0.15) is 36.8 Å². The maximum Gasteiger partial charge on any atom is 0.243 e. The van der Waals surface area contributed by atoms with Gasteiger partial charge in [-0.2, -0.15) is 0 Å². The van der Waals surface area contributed by atoms with Gasteiger partial charge in [0.2, 0.25) is 17.7 Å². The Morgan fingerprint density at radius 1 is 1.18 bits per heavy atom. The average Bonchev–Trinajstić information content (AvgIpc) is 3.22. The third-order valence-corrected chi connectivity index (χ3v) is 4.74. The van der Waals surface area contributed by atoms with Crippen LogP contribution in [0.5, 0.6) is 0 Å². The van der Waals surface area contributed by atoms with Crippen LogP contribution in [-0.2, 0) is 22.6 Å². The number of carbonyl (C=O) groups is 2. The third-order valence-electron chi connectivity index (χ3n) is 4.74. The van der Waals surface area contributed by atoms with Gasteiger partial charge in [-0.05, 0) is 25.5 Å². The number of amides is 2. The molecule has 7 nitrogen and oxygen atoms in total.